The van der Waals surface area contributed by atoms with Gasteiger partial charge in [-0.15, -0.1) is 0 Å². The highest BCUT2D eigenvalue weighted by Gasteiger charge is 2.56. The molecule has 1 saturated carbocycles. The van der Waals surface area contributed by atoms with E-state index in [0.29, 0.717) is 19.1 Å². The number of amides is 1. The van der Waals surface area contributed by atoms with E-state index in [1.807, 2.05) is 25.1 Å². The molecule has 3 atom stereocenters. The van der Waals surface area contributed by atoms with Gasteiger partial charge in [0.1, 0.15) is 6.10 Å². The molecule has 1 amide bonds. The van der Waals surface area contributed by atoms with Crippen molar-refractivity contribution in [1.29, 1.82) is 0 Å². The second-order valence-electron chi connectivity index (χ2n) is 5.62. The molecule has 2 fully saturated rings. The zero-order valence-electron chi connectivity index (χ0n) is 11.1. The molecule has 1 aromatic carbocycles. The number of hydrogen-bond acceptors (Lipinski definition) is 3. The Morgan fingerprint density at radius 1 is 1.42 bits per heavy atom. The lowest BCUT2D eigenvalue weighted by Gasteiger charge is -2.15. The highest BCUT2D eigenvalue weighted by Crippen LogP contribution is 2.59. The molecular formula is C15H19NO3. The molecule has 1 unspecified atom stereocenters. The zero-order valence-corrected chi connectivity index (χ0v) is 11.1. The monoisotopic (exact) mass is 261 g/mol. The molecule has 3 rings (SSSR count). The molecule has 1 aliphatic carbocycles. The Hall–Kier alpha value is -1.39. The van der Waals surface area contributed by atoms with Crippen LogP contribution in [0, 0.1) is 5.41 Å². The molecular weight excluding hydrogens is 242 g/mol. The van der Waals surface area contributed by atoms with Crippen molar-refractivity contribution in [1.82, 2.24) is 5.48 Å². The van der Waals surface area contributed by atoms with Crippen LogP contribution >= 0.6 is 0 Å². The Kier molecular flexibility index (Phi) is 3.29. The molecule has 0 radical (unpaired) electrons. The number of hydrogen-bond donors (Lipinski definition) is 1. The first-order valence-electron chi connectivity index (χ1n) is 6.79. The van der Waals surface area contributed by atoms with Crippen molar-refractivity contribution >= 4 is 5.91 Å². The first-order valence-corrected chi connectivity index (χ1v) is 6.79. The van der Waals surface area contributed by atoms with Gasteiger partial charge in [0.25, 0.3) is 0 Å². The van der Waals surface area contributed by atoms with Gasteiger partial charge in [-0.05, 0) is 17.9 Å². The molecule has 1 saturated heterocycles. The van der Waals surface area contributed by atoms with Crippen LogP contribution in [0.5, 0.6) is 0 Å². The highest BCUT2D eigenvalue weighted by atomic mass is 16.7. The van der Waals surface area contributed by atoms with Gasteiger partial charge in [-0.3, -0.25) is 9.63 Å². The van der Waals surface area contributed by atoms with Gasteiger partial charge < -0.3 is 4.74 Å². The Morgan fingerprint density at radius 2 is 2.21 bits per heavy atom. The van der Waals surface area contributed by atoms with Crippen LogP contribution in [0.2, 0.25) is 0 Å². The van der Waals surface area contributed by atoms with E-state index >= 15 is 0 Å². The lowest BCUT2D eigenvalue weighted by Crippen LogP contribution is -2.35. The van der Waals surface area contributed by atoms with Crippen molar-refractivity contribution in [3.8, 4) is 0 Å². The van der Waals surface area contributed by atoms with Gasteiger partial charge in [-0.1, -0.05) is 37.3 Å². The van der Waals surface area contributed by atoms with Gasteiger partial charge in [0.05, 0.1) is 12.0 Å². The summed E-state index contributed by atoms with van der Waals surface area (Å²) in [5.41, 5.74) is 3.50. The van der Waals surface area contributed by atoms with E-state index in [0.717, 1.165) is 12.8 Å². The second kappa shape index (κ2) is 4.94. The summed E-state index contributed by atoms with van der Waals surface area (Å²) in [5.74, 6) is 0.283. The predicted molar refractivity (Wildman–Crippen MR) is 70.4 cm³/mol. The van der Waals surface area contributed by atoms with Crippen LogP contribution in [0.3, 0.4) is 0 Å². The summed E-state index contributed by atoms with van der Waals surface area (Å²) in [6, 6.07) is 10.2. The summed E-state index contributed by atoms with van der Waals surface area (Å²) in [6.45, 7) is 3.28. The minimum absolute atomic E-state index is 0.00137. The fourth-order valence-corrected chi connectivity index (χ4v) is 2.65. The molecule has 2 aliphatic rings. The van der Waals surface area contributed by atoms with E-state index < -0.39 is 0 Å². The number of carbonyl (C=O) groups is 1. The lowest BCUT2D eigenvalue weighted by atomic mass is 10.0. The number of carbonyl (C=O) groups excluding carboxylic acids is 1. The number of nitrogens with one attached hydrogen (secondary N) is 1. The van der Waals surface area contributed by atoms with Gasteiger partial charge in [-0.25, -0.2) is 5.48 Å². The Bertz CT molecular complexity index is 456. The van der Waals surface area contributed by atoms with Gasteiger partial charge in [0.2, 0.25) is 5.91 Å². The normalized spacial score (nSPS) is 33.1. The summed E-state index contributed by atoms with van der Waals surface area (Å²) in [7, 11) is 0. The van der Waals surface area contributed by atoms with Crippen molar-refractivity contribution in [2.75, 3.05) is 13.2 Å². The fourth-order valence-electron chi connectivity index (χ4n) is 2.65. The van der Waals surface area contributed by atoms with Crippen LogP contribution in [0.4, 0.5) is 0 Å². The van der Waals surface area contributed by atoms with Crippen molar-refractivity contribution in [3.63, 3.8) is 0 Å². The molecule has 4 nitrogen and oxygen atoms in total. The Labute approximate surface area is 113 Å². The smallest absolute Gasteiger partial charge is 0.250 e. The maximum atomic E-state index is 12.2. The van der Waals surface area contributed by atoms with Crippen LogP contribution in [-0.2, 0) is 14.4 Å². The van der Waals surface area contributed by atoms with Crippen LogP contribution in [0.15, 0.2) is 30.3 Å². The average Bonchev–Trinajstić information content (AvgIpc) is 2.89. The standard InChI is InChI=1S/C15H19NO3/c1-15(9-13(15)11-5-3-2-4-6-11)14(17)16-19-12-7-8-18-10-12/h2-6,12-13H,7-10H2,1H3,(H,16,17)/t12?,13-,15+/m1/s1. The van der Waals surface area contributed by atoms with Gasteiger partial charge in [0.15, 0.2) is 0 Å². The minimum atomic E-state index is -0.333. The van der Waals surface area contributed by atoms with Crippen molar-refractivity contribution in [3.05, 3.63) is 35.9 Å². The van der Waals surface area contributed by atoms with Crippen molar-refractivity contribution in [2.24, 2.45) is 5.41 Å². The minimum Gasteiger partial charge on any atom is -0.379 e. The topological polar surface area (TPSA) is 47.6 Å². The molecule has 1 heterocycles. The molecule has 4 heteroatoms. The Morgan fingerprint density at radius 3 is 2.89 bits per heavy atom. The van der Waals surface area contributed by atoms with Crippen molar-refractivity contribution < 1.29 is 14.4 Å². The third kappa shape index (κ3) is 2.51. The predicted octanol–water partition coefficient (Wildman–Crippen LogP) is 2.02. The summed E-state index contributed by atoms with van der Waals surface area (Å²) in [4.78, 5) is 17.6. The molecule has 102 valence electrons. The first kappa shape index (κ1) is 12.6. The van der Waals surface area contributed by atoms with Crippen LogP contribution in [0.1, 0.15) is 31.2 Å². The average molecular weight is 261 g/mol. The maximum Gasteiger partial charge on any atom is 0.250 e. The summed E-state index contributed by atoms with van der Waals surface area (Å²) < 4.78 is 5.20. The van der Waals surface area contributed by atoms with E-state index in [1.165, 1.54) is 5.56 Å². The first-order chi connectivity index (χ1) is 9.20. The van der Waals surface area contributed by atoms with Crippen LogP contribution in [-0.4, -0.2) is 25.2 Å². The largest absolute Gasteiger partial charge is 0.379 e. The third-order valence-electron chi connectivity index (χ3n) is 4.16. The van der Waals surface area contributed by atoms with E-state index in [4.69, 9.17) is 9.57 Å². The number of ether oxygens (including phenoxy) is 1. The van der Waals surface area contributed by atoms with Crippen LogP contribution < -0.4 is 5.48 Å². The lowest BCUT2D eigenvalue weighted by molar-refractivity contribution is -0.143. The molecule has 0 spiro atoms. The highest BCUT2D eigenvalue weighted by molar-refractivity contribution is 5.86. The van der Waals surface area contributed by atoms with E-state index in [9.17, 15) is 4.79 Å². The number of hydroxylamine groups is 1. The maximum absolute atomic E-state index is 12.2. The molecule has 1 N–H and O–H groups in total. The van der Waals surface area contributed by atoms with Crippen molar-refractivity contribution in [2.45, 2.75) is 31.8 Å². The quantitative estimate of drug-likeness (QED) is 0.843. The summed E-state index contributed by atoms with van der Waals surface area (Å²) >= 11 is 0. The summed E-state index contributed by atoms with van der Waals surface area (Å²) in [5, 5.41) is 0. The number of rotatable bonds is 4. The van der Waals surface area contributed by atoms with Gasteiger partial charge >= 0.3 is 0 Å². The SMILES string of the molecule is C[C@]1(C(=O)NOC2CCOC2)C[C@@H]1c1ccccc1. The van der Waals surface area contributed by atoms with E-state index in [-0.39, 0.29) is 17.4 Å². The fraction of sp³-hybridized carbons (Fsp3) is 0.533. The summed E-state index contributed by atoms with van der Waals surface area (Å²) in [6.07, 6.45) is 1.73. The second-order valence-corrected chi connectivity index (χ2v) is 5.62. The van der Waals surface area contributed by atoms with Crippen LogP contribution in [0.25, 0.3) is 0 Å². The third-order valence-corrected chi connectivity index (χ3v) is 4.16. The molecule has 0 bridgehead atoms. The molecule has 0 aromatic heterocycles. The van der Waals surface area contributed by atoms with Gasteiger partial charge in [-0.2, -0.15) is 0 Å². The zero-order chi connectivity index (χ0) is 13.3. The van der Waals surface area contributed by atoms with E-state index in [1.54, 1.807) is 0 Å². The van der Waals surface area contributed by atoms with Gasteiger partial charge in [0, 0.05) is 13.0 Å². The molecule has 1 aliphatic heterocycles. The Balaban J connectivity index is 1.55. The molecule has 19 heavy (non-hydrogen) atoms. The van der Waals surface area contributed by atoms with E-state index in [2.05, 4.69) is 17.6 Å². The number of benzene rings is 1. The molecule has 1 aromatic rings.